The molecule has 1 aromatic rings. The van der Waals surface area contributed by atoms with Crippen molar-refractivity contribution in [3.05, 3.63) is 28.7 Å². The summed E-state index contributed by atoms with van der Waals surface area (Å²) < 4.78 is 5.81. The van der Waals surface area contributed by atoms with E-state index in [1.165, 1.54) is 0 Å². The minimum atomic E-state index is -0.954. The highest BCUT2D eigenvalue weighted by Crippen LogP contribution is 2.23. The third-order valence-corrected chi connectivity index (χ3v) is 2.99. The molecule has 6 heteroatoms. The highest BCUT2D eigenvalue weighted by molar-refractivity contribution is 9.10. The highest BCUT2D eigenvalue weighted by Gasteiger charge is 2.27. The van der Waals surface area contributed by atoms with Gasteiger partial charge in [0.25, 0.3) is 5.91 Å². The summed E-state index contributed by atoms with van der Waals surface area (Å²) in [6.45, 7) is 5.87. The lowest BCUT2D eigenvalue weighted by atomic mass is 9.89. The Morgan fingerprint density at radius 1 is 1.30 bits per heavy atom. The second-order valence-corrected chi connectivity index (χ2v) is 6.60. The summed E-state index contributed by atoms with van der Waals surface area (Å²) >= 11 is 3.31. The zero-order valence-electron chi connectivity index (χ0n) is 11.8. The second-order valence-electron chi connectivity index (χ2n) is 5.69. The van der Waals surface area contributed by atoms with Gasteiger partial charge in [0.1, 0.15) is 0 Å². The number of benzene rings is 1. The molecule has 1 rings (SSSR count). The molecular weight excluding hydrogens is 324 g/mol. The van der Waals surface area contributed by atoms with Crippen molar-refractivity contribution in [3.63, 3.8) is 0 Å². The van der Waals surface area contributed by atoms with E-state index >= 15 is 0 Å². The number of anilines is 1. The Morgan fingerprint density at radius 2 is 1.85 bits per heavy atom. The summed E-state index contributed by atoms with van der Waals surface area (Å²) in [6.07, 6.45) is -1.47. The molecule has 0 aliphatic heterocycles. The first-order valence-corrected chi connectivity index (χ1v) is 6.99. The molecule has 0 heterocycles. The lowest BCUT2D eigenvalue weighted by Gasteiger charge is -2.24. The lowest BCUT2D eigenvalue weighted by Crippen LogP contribution is -2.37. The van der Waals surface area contributed by atoms with Crippen molar-refractivity contribution in [3.8, 4) is 0 Å². The van der Waals surface area contributed by atoms with Gasteiger partial charge in [0.05, 0.1) is 0 Å². The van der Waals surface area contributed by atoms with Crippen LogP contribution in [0, 0.1) is 5.41 Å². The standard InChI is InChI=1S/C14H19BrN2O3/c1-14(2,3)8-11(20-13(16)19)12(18)17-10-6-4-9(15)5-7-10/h4-7,11H,8H2,1-3H3,(H2,16,19)(H,17,18)/t11-/m1/s1. The van der Waals surface area contributed by atoms with E-state index in [4.69, 9.17) is 10.5 Å². The molecule has 1 atom stereocenters. The fourth-order valence-corrected chi connectivity index (χ4v) is 1.90. The summed E-state index contributed by atoms with van der Waals surface area (Å²) in [6, 6.07) is 7.12. The second kappa shape index (κ2) is 6.74. The number of nitrogens with two attached hydrogens (primary N) is 1. The molecule has 20 heavy (non-hydrogen) atoms. The average molecular weight is 343 g/mol. The van der Waals surface area contributed by atoms with Crippen molar-refractivity contribution in [2.45, 2.75) is 33.3 Å². The first-order valence-electron chi connectivity index (χ1n) is 6.20. The SMILES string of the molecule is CC(C)(C)C[C@@H](OC(N)=O)C(=O)Nc1ccc(Br)cc1. The van der Waals surface area contributed by atoms with E-state index in [-0.39, 0.29) is 11.3 Å². The van der Waals surface area contributed by atoms with Crippen molar-refractivity contribution in [1.29, 1.82) is 0 Å². The number of hydrogen-bond donors (Lipinski definition) is 2. The smallest absolute Gasteiger partial charge is 0.405 e. The molecule has 110 valence electrons. The van der Waals surface area contributed by atoms with E-state index in [1.807, 2.05) is 32.9 Å². The molecule has 0 aliphatic carbocycles. The normalized spacial score (nSPS) is 12.6. The molecule has 0 aliphatic rings. The van der Waals surface area contributed by atoms with Crippen LogP contribution in [0.5, 0.6) is 0 Å². The number of hydrogen-bond acceptors (Lipinski definition) is 3. The minimum absolute atomic E-state index is 0.169. The maximum atomic E-state index is 12.2. The number of primary amides is 1. The predicted molar refractivity (Wildman–Crippen MR) is 81.3 cm³/mol. The molecule has 0 saturated heterocycles. The molecule has 0 aromatic heterocycles. The molecule has 0 unspecified atom stereocenters. The Bertz CT molecular complexity index is 480. The van der Waals surface area contributed by atoms with Gasteiger partial charge in [-0.25, -0.2) is 4.79 Å². The van der Waals surface area contributed by atoms with Gasteiger partial charge in [-0.3, -0.25) is 4.79 Å². The van der Waals surface area contributed by atoms with E-state index < -0.39 is 12.2 Å². The van der Waals surface area contributed by atoms with Crippen LogP contribution in [0.25, 0.3) is 0 Å². The van der Waals surface area contributed by atoms with Gasteiger partial charge < -0.3 is 15.8 Å². The van der Waals surface area contributed by atoms with Gasteiger partial charge in [-0.1, -0.05) is 36.7 Å². The van der Waals surface area contributed by atoms with Crippen molar-refractivity contribution in [1.82, 2.24) is 0 Å². The predicted octanol–water partition coefficient (Wildman–Crippen LogP) is 3.29. The fraction of sp³-hybridized carbons (Fsp3) is 0.429. The van der Waals surface area contributed by atoms with Crippen molar-refractivity contribution in [2.75, 3.05) is 5.32 Å². The summed E-state index contributed by atoms with van der Waals surface area (Å²) in [5.41, 5.74) is 5.48. The van der Waals surface area contributed by atoms with Gasteiger partial charge in [-0.2, -0.15) is 0 Å². The van der Waals surface area contributed by atoms with Crippen LogP contribution in [-0.4, -0.2) is 18.1 Å². The highest BCUT2D eigenvalue weighted by atomic mass is 79.9. The van der Waals surface area contributed by atoms with E-state index in [0.29, 0.717) is 12.1 Å². The van der Waals surface area contributed by atoms with Gasteiger partial charge in [0, 0.05) is 10.2 Å². The van der Waals surface area contributed by atoms with Crippen molar-refractivity contribution < 1.29 is 14.3 Å². The third kappa shape index (κ3) is 6.06. The maximum absolute atomic E-state index is 12.2. The molecule has 2 amide bonds. The summed E-state index contributed by atoms with van der Waals surface area (Å²) in [7, 11) is 0. The van der Waals surface area contributed by atoms with Gasteiger partial charge in [-0.05, 0) is 36.1 Å². The van der Waals surface area contributed by atoms with Crippen molar-refractivity contribution in [2.24, 2.45) is 11.1 Å². The fourth-order valence-electron chi connectivity index (χ4n) is 1.64. The molecule has 0 spiro atoms. The minimum Gasteiger partial charge on any atom is -0.436 e. The Hall–Kier alpha value is -1.56. The van der Waals surface area contributed by atoms with E-state index in [2.05, 4.69) is 21.2 Å². The van der Waals surface area contributed by atoms with Crippen LogP contribution in [0.1, 0.15) is 27.2 Å². The van der Waals surface area contributed by atoms with Crippen LogP contribution in [0.2, 0.25) is 0 Å². The van der Waals surface area contributed by atoms with Gasteiger partial charge in [-0.15, -0.1) is 0 Å². The number of ether oxygens (including phenoxy) is 1. The number of amides is 2. The zero-order chi connectivity index (χ0) is 15.3. The van der Waals surface area contributed by atoms with Gasteiger partial charge in [0.2, 0.25) is 0 Å². The first kappa shape index (κ1) is 16.5. The Balaban J connectivity index is 2.76. The van der Waals surface area contributed by atoms with Crippen LogP contribution >= 0.6 is 15.9 Å². The van der Waals surface area contributed by atoms with Crippen molar-refractivity contribution >= 4 is 33.6 Å². The topological polar surface area (TPSA) is 81.4 Å². The Kier molecular flexibility index (Phi) is 5.56. The summed E-state index contributed by atoms with van der Waals surface area (Å²) in [5, 5.41) is 2.70. The van der Waals surface area contributed by atoms with E-state index in [1.54, 1.807) is 12.1 Å². The number of halogens is 1. The van der Waals surface area contributed by atoms with Crippen LogP contribution in [0.15, 0.2) is 28.7 Å². The first-order chi connectivity index (χ1) is 9.17. The van der Waals surface area contributed by atoms with E-state index in [9.17, 15) is 9.59 Å². The molecule has 0 radical (unpaired) electrons. The maximum Gasteiger partial charge on any atom is 0.405 e. The molecule has 0 saturated carbocycles. The largest absolute Gasteiger partial charge is 0.436 e. The summed E-state index contributed by atoms with van der Waals surface area (Å²) in [4.78, 5) is 23.1. The molecule has 5 nitrogen and oxygen atoms in total. The molecule has 0 bridgehead atoms. The van der Waals surface area contributed by atoms with Gasteiger partial charge >= 0.3 is 6.09 Å². The molecule has 1 aromatic carbocycles. The lowest BCUT2D eigenvalue weighted by molar-refractivity contribution is -0.125. The molecule has 3 N–H and O–H groups in total. The number of carbonyl (C=O) groups excluding carboxylic acids is 2. The average Bonchev–Trinajstić information content (AvgIpc) is 2.29. The van der Waals surface area contributed by atoms with Crippen LogP contribution in [0.4, 0.5) is 10.5 Å². The van der Waals surface area contributed by atoms with Crippen LogP contribution in [-0.2, 0) is 9.53 Å². The van der Waals surface area contributed by atoms with Crippen LogP contribution in [0.3, 0.4) is 0 Å². The quantitative estimate of drug-likeness (QED) is 0.880. The summed E-state index contributed by atoms with van der Waals surface area (Å²) in [5.74, 6) is -0.388. The van der Waals surface area contributed by atoms with E-state index in [0.717, 1.165) is 4.47 Å². The third-order valence-electron chi connectivity index (χ3n) is 2.46. The Morgan fingerprint density at radius 3 is 2.30 bits per heavy atom. The van der Waals surface area contributed by atoms with Crippen LogP contribution < -0.4 is 11.1 Å². The number of nitrogens with one attached hydrogen (secondary N) is 1. The molecule has 0 fully saturated rings. The number of carbonyl (C=O) groups is 2. The zero-order valence-corrected chi connectivity index (χ0v) is 13.4. The molecular formula is C14H19BrN2O3. The number of rotatable bonds is 4. The van der Waals surface area contributed by atoms with Gasteiger partial charge in [0.15, 0.2) is 6.10 Å². The monoisotopic (exact) mass is 342 g/mol. The Labute approximate surface area is 127 Å².